The number of hydrogen-bond donors (Lipinski definition) is 0. The van der Waals surface area contributed by atoms with Crippen LogP contribution in [-0.4, -0.2) is 0 Å². The van der Waals surface area contributed by atoms with Crippen LogP contribution < -0.4 is 0 Å². The van der Waals surface area contributed by atoms with Crippen LogP contribution in [0.15, 0.2) is 66.7 Å². The zero-order valence-corrected chi connectivity index (χ0v) is 22.2. The predicted octanol–water partition coefficient (Wildman–Crippen LogP) is 8.42. The summed E-state index contributed by atoms with van der Waals surface area (Å²) in [5.74, 6) is 6.61. The Hall–Kier alpha value is -1.20. The second kappa shape index (κ2) is 10.6. The summed E-state index contributed by atoms with van der Waals surface area (Å²) in [5.41, 5.74) is 5.06. The molecule has 0 amide bonds. The largest absolute Gasteiger partial charge is 2.00 e. The van der Waals surface area contributed by atoms with Gasteiger partial charge in [-0.3, -0.25) is 0 Å². The molecule has 0 nitrogen and oxygen atoms in total. The molecule has 0 N–H and O–H groups in total. The SMILES string of the molecule is [C-]1=C(c2ccccc2)C(c2ccccc2)=CC1.[CH-](C1CC2CCC1C2)C1CC2CCC1C2.[Zr+2]. The van der Waals surface area contributed by atoms with Crippen LogP contribution in [0.25, 0.3) is 11.1 Å². The van der Waals surface area contributed by atoms with E-state index in [1.165, 1.54) is 22.3 Å². The Labute approximate surface area is 220 Å². The number of fused-ring (bicyclic) bond motifs is 4. The number of hydrogen-bond acceptors (Lipinski definition) is 0. The summed E-state index contributed by atoms with van der Waals surface area (Å²) in [6, 6.07) is 21.0. The maximum absolute atomic E-state index is 3.45. The standard InChI is InChI=1S/C17H13.C15H23.Zr/c1-3-8-14(9-4-1)16-12-7-13-17(16)15-10-5-2-6-11-15;1-3-12-5-10(1)7-14(12)9-15-8-11-2-4-13(15)6-11;/h1-6,8-12H,7H2;9-15H,1-8H2;/q2*-1;+2. The van der Waals surface area contributed by atoms with Crippen LogP contribution in [-0.2, 0) is 26.2 Å². The zero-order chi connectivity index (χ0) is 21.3. The van der Waals surface area contributed by atoms with Gasteiger partial charge in [-0.05, 0) is 24.7 Å². The summed E-state index contributed by atoms with van der Waals surface area (Å²) in [5, 5.41) is 0. The molecular formula is C32H36Zr. The van der Waals surface area contributed by atoms with E-state index >= 15 is 0 Å². The Morgan fingerprint density at radius 3 is 1.67 bits per heavy atom. The molecule has 5 aliphatic rings. The van der Waals surface area contributed by atoms with Crippen LogP contribution in [0.2, 0.25) is 0 Å². The first-order valence-corrected chi connectivity index (χ1v) is 13.1. The average molecular weight is 512 g/mol. The quantitative estimate of drug-likeness (QED) is 0.361. The zero-order valence-electron chi connectivity index (χ0n) is 19.8. The van der Waals surface area contributed by atoms with Crippen molar-refractivity contribution < 1.29 is 26.2 Å². The van der Waals surface area contributed by atoms with E-state index in [9.17, 15) is 0 Å². The number of benzene rings is 2. The number of rotatable bonds is 4. The van der Waals surface area contributed by atoms with Crippen molar-refractivity contribution in [3.63, 3.8) is 0 Å². The van der Waals surface area contributed by atoms with Gasteiger partial charge in [0.25, 0.3) is 0 Å². The molecule has 7 rings (SSSR count). The van der Waals surface area contributed by atoms with Gasteiger partial charge in [0, 0.05) is 0 Å². The topological polar surface area (TPSA) is 0 Å². The van der Waals surface area contributed by atoms with Crippen LogP contribution in [0.5, 0.6) is 0 Å². The maximum Gasteiger partial charge on any atom is 2.00 e. The van der Waals surface area contributed by atoms with E-state index in [-0.39, 0.29) is 26.2 Å². The Morgan fingerprint density at radius 2 is 1.18 bits per heavy atom. The van der Waals surface area contributed by atoms with Crippen LogP contribution >= 0.6 is 0 Å². The van der Waals surface area contributed by atoms with E-state index in [0.717, 1.165) is 41.9 Å². The van der Waals surface area contributed by atoms with E-state index in [1.807, 2.05) is 6.07 Å². The molecule has 6 atom stereocenters. The molecule has 0 aromatic heterocycles. The third-order valence-electron chi connectivity index (χ3n) is 9.08. The Balaban J connectivity index is 0.000000135. The van der Waals surface area contributed by atoms with Crippen molar-refractivity contribution in [2.24, 2.45) is 35.5 Å². The first-order valence-electron chi connectivity index (χ1n) is 13.1. The van der Waals surface area contributed by atoms with Crippen molar-refractivity contribution in [2.75, 3.05) is 0 Å². The summed E-state index contributed by atoms with van der Waals surface area (Å²) in [6.45, 7) is 0. The van der Waals surface area contributed by atoms with Crippen molar-refractivity contribution in [1.29, 1.82) is 0 Å². The van der Waals surface area contributed by atoms with Crippen molar-refractivity contribution in [1.82, 2.24) is 0 Å². The smallest absolute Gasteiger partial charge is 0.322 e. The van der Waals surface area contributed by atoms with Gasteiger partial charge in [-0.1, -0.05) is 111 Å². The normalized spacial score (nSPS) is 33.2. The third-order valence-corrected chi connectivity index (χ3v) is 9.08. The molecule has 4 saturated carbocycles. The van der Waals surface area contributed by atoms with Crippen LogP contribution in [0.3, 0.4) is 0 Å². The molecule has 4 fully saturated rings. The molecule has 1 heteroatoms. The molecule has 0 radical (unpaired) electrons. The molecule has 0 spiro atoms. The minimum atomic E-state index is 0. The van der Waals surface area contributed by atoms with Crippen molar-refractivity contribution in [2.45, 2.75) is 57.8 Å². The first-order chi connectivity index (χ1) is 15.8. The molecule has 168 valence electrons. The molecular weight excluding hydrogens is 476 g/mol. The van der Waals surface area contributed by atoms with E-state index in [4.69, 9.17) is 0 Å². The first kappa shape index (κ1) is 23.5. The summed E-state index contributed by atoms with van der Waals surface area (Å²) >= 11 is 0. The Morgan fingerprint density at radius 1 is 0.636 bits per heavy atom. The van der Waals surface area contributed by atoms with Gasteiger partial charge in [0.2, 0.25) is 0 Å². The predicted molar refractivity (Wildman–Crippen MR) is 134 cm³/mol. The fourth-order valence-corrected chi connectivity index (χ4v) is 7.57. The van der Waals surface area contributed by atoms with Crippen molar-refractivity contribution >= 4 is 11.1 Å². The Kier molecular flexibility index (Phi) is 7.56. The summed E-state index contributed by atoms with van der Waals surface area (Å²) in [6.07, 6.45) is 22.0. The Bertz CT molecular complexity index is 893. The molecule has 2 aromatic carbocycles. The second-order valence-electron chi connectivity index (χ2n) is 11.0. The second-order valence-corrected chi connectivity index (χ2v) is 11.0. The van der Waals surface area contributed by atoms with Crippen LogP contribution in [0.4, 0.5) is 0 Å². The summed E-state index contributed by atoms with van der Waals surface area (Å²) in [7, 11) is 0. The van der Waals surface area contributed by atoms with Crippen LogP contribution in [0, 0.1) is 48.0 Å². The molecule has 5 aliphatic carbocycles. The van der Waals surface area contributed by atoms with E-state index < -0.39 is 0 Å². The van der Waals surface area contributed by atoms with E-state index in [0.29, 0.717) is 0 Å². The molecule has 0 saturated heterocycles. The molecule has 4 bridgehead atoms. The van der Waals surface area contributed by atoms with E-state index in [1.54, 1.807) is 51.4 Å². The van der Waals surface area contributed by atoms with E-state index in [2.05, 4.69) is 73.2 Å². The van der Waals surface area contributed by atoms with Crippen molar-refractivity contribution in [3.05, 3.63) is 90.4 Å². The van der Waals surface area contributed by atoms with Gasteiger partial charge in [0.05, 0.1) is 0 Å². The molecule has 6 unspecified atom stereocenters. The molecule has 2 aromatic rings. The van der Waals surface area contributed by atoms with Gasteiger partial charge in [0.15, 0.2) is 0 Å². The molecule has 0 heterocycles. The fraction of sp³-hybridized carbons (Fsp3) is 0.469. The van der Waals surface area contributed by atoms with Gasteiger partial charge in [0.1, 0.15) is 0 Å². The maximum atomic E-state index is 3.45. The summed E-state index contributed by atoms with van der Waals surface area (Å²) < 4.78 is 0. The van der Waals surface area contributed by atoms with Crippen LogP contribution in [0.1, 0.15) is 68.9 Å². The fourth-order valence-electron chi connectivity index (χ4n) is 7.57. The third kappa shape index (κ3) is 5.10. The monoisotopic (exact) mass is 510 g/mol. The average Bonchev–Trinajstić information content (AvgIpc) is 3.68. The molecule has 0 aliphatic heterocycles. The molecule has 33 heavy (non-hydrogen) atoms. The minimum Gasteiger partial charge on any atom is -0.322 e. The van der Waals surface area contributed by atoms with Crippen molar-refractivity contribution in [3.8, 4) is 0 Å². The van der Waals surface area contributed by atoms with Gasteiger partial charge in [-0.15, -0.1) is 29.3 Å². The minimum absolute atomic E-state index is 0. The van der Waals surface area contributed by atoms with Gasteiger partial charge >= 0.3 is 26.2 Å². The van der Waals surface area contributed by atoms with Gasteiger partial charge in [-0.25, -0.2) is 0 Å². The van der Waals surface area contributed by atoms with Gasteiger partial charge in [-0.2, -0.15) is 23.5 Å². The van der Waals surface area contributed by atoms with Gasteiger partial charge < -0.3 is 6.42 Å². The summed E-state index contributed by atoms with van der Waals surface area (Å²) in [4.78, 5) is 0. The number of allylic oxidation sites excluding steroid dienone is 4.